The van der Waals surface area contributed by atoms with E-state index in [4.69, 9.17) is 9.26 Å². The van der Waals surface area contributed by atoms with Crippen LogP contribution >= 0.6 is 0 Å². The number of esters is 1. The summed E-state index contributed by atoms with van der Waals surface area (Å²) in [6, 6.07) is 3.96. The summed E-state index contributed by atoms with van der Waals surface area (Å²) in [4.78, 5) is 20.7. The number of nitrogens with one attached hydrogen (secondary N) is 1. The Morgan fingerprint density at radius 2 is 2.17 bits per heavy atom. The lowest BCUT2D eigenvalue weighted by molar-refractivity contribution is 0.0598. The van der Waals surface area contributed by atoms with Crippen molar-refractivity contribution in [1.82, 2.24) is 15.1 Å². The predicted octanol–water partition coefficient (Wildman–Crippen LogP) is 2.86. The van der Waals surface area contributed by atoms with E-state index in [0.717, 1.165) is 24.2 Å². The SMILES string of the molecule is COC(=O)c1ccc(CNc2nc(C(C)C)no2)nc1C1CC1. The zero-order valence-electron chi connectivity index (χ0n) is 13.5. The van der Waals surface area contributed by atoms with Crippen molar-refractivity contribution >= 4 is 12.0 Å². The van der Waals surface area contributed by atoms with Gasteiger partial charge >= 0.3 is 12.0 Å². The number of rotatable bonds is 6. The fourth-order valence-corrected chi connectivity index (χ4v) is 2.27. The standard InChI is InChI=1S/C16H20N4O3/c1-9(2)14-19-16(23-20-14)17-8-11-6-7-12(15(21)22-3)13(18-11)10-4-5-10/h6-7,9-10H,4-5,8H2,1-3H3,(H,17,19,20). The number of anilines is 1. The van der Waals surface area contributed by atoms with Gasteiger partial charge in [0.25, 0.3) is 0 Å². The number of nitrogens with zero attached hydrogens (tertiary/aromatic N) is 3. The molecular weight excluding hydrogens is 296 g/mol. The lowest BCUT2D eigenvalue weighted by atomic mass is 10.1. The molecule has 1 aliphatic rings. The van der Waals surface area contributed by atoms with E-state index in [2.05, 4.69) is 20.4 Å². The highest BCUT2D eigenvalue weighted by Gasteiger charge is 2.30. The van der Waals surface area contributed by atoms with E-state index in [-0.39, 0.29) is 11.9 Å². The van der Waals surface area contributed by atoms with Crippen molar-refractivity contribution in [1.29, 1.82) is 0 Å². The van der Waals surface area contributed by atoms with Crippen LogP contribution in [0.1, 0.15) is 66.1 Å². The Balaban J connectivity index is 1.72. The minimum absolute atomic E-state index is 0.216. The van der Waals surface area contributed by atoms with Crippen LogP contribution in [-0.4, -0.2) is 28.2 Å². The predicted molar refractivity (Wildman–Crippen MR) is 83.3 cm³/mol. The van der Waals surface area contributed by atoms with Crippen molar-refractivity contribution in [2.24, 2.45) is 0 Å². The third kappa shape index (κ3) is 3.49. The summed E-state index contributed by atoms with van der Waals surface area (Å²) in [5.74, 6) is 0.908. The smallest absolute Gasteiger partial charge is 0.339 e. The van der Waals surface area contributed by atoms with Gasteiger partial charge in [0.15, 0.2) is 5.82 Å². The molecule has 2 aromatic heterocycles. The number of hydrogen-bond acceptors (Lipinski definition) is 7. The number of carbonyl (C=O) groups excluding carboxylic acids is 1. The van der Waals surface area contributed by atoms with Gasteiger partial charge in [-0.05, 0) is 25.0 Å². The first-order valence-corrected chi connectivity index (χ1v) is 7.74. The molecule has 122 valence electrons. The first-order chi connectivity index (χ1) is 11.1. The van der Waals surface area contributed by atoms with Gasteiger partial charge in [-0.25, -0.2) is 4.79 Å². The number of aromatic nitrogens is 3. The maximum Gasteiger partial charge on any atom is 0.339 e. The van der Waals surface area contributed by atoms with E-state index in [1.165, 1.54) is 7.11 Å². The van der Waals surface area contributed by atoms with Crippen molar-refractivity contribution < 1.29 is 14.1 Å². The maximum atomic E-state index is 11.8. The fourth-order valence-electron chi connectivity index (χ4n) is 2.27. The molecule has 0 saturated heterocycles. The van der Waals surface area contributed by atoms with E-state index in [0.29, 0.717) is 29.9 Å². The van der Waals surface area contributed by atoms with E-state index >= 15 is 0 Å². The van der Waals surface area contributed by atoms with E-state index in [9.17, 15) is 4.79 Å². The van der Waals surface area contributed by atoms with Crippen LogP contribution in [0.5, 0.6) is 0 Å². The lowest BCUT2D eigenvalue weighted by Gasteiger charge is -2.09. The highest BCUT2D eigenvalue weighted by molar-refractivity contribution is 5.90. The Morgan fingerprint density at radius 3 is 2.78 bits per heavy atom. The molecule has 0 radical (unpaired) electrons. The number of carbonyl (C=O) groups is 1. The molecule has 0 bridgehead atoms. The van der Waals surface area contributed by atoms with Crippen molar-refractivity contribution in [3.8, 4) is 0 Å². The van der Waals surface area contributed by atoms with Crippen LogP contribution in [0.25, 0.3) is 0 Å². The molecule has 1 aliphatic carbocycles. The molecule has 0 aliphatic heterocycles. The summed E-state index contributed by atoms with van der Waals surface area (Å²) in [5, 5.41) is 6.97. The molecule has 2 aromatic rings. The highest BCUT2D eigenvalue weighted by Crippen LogP contribution is 2.40. The Kier molecular flexibility index (Phi) is 4.27. The molecule has 0 unspecified atom stereocenters. The minimum Gasteiger partial charge on any atom is -0.465 e. The fraction of sp³-hybridized carbons (Fsp3) is 0.500. The van der Waals surface area contributed by atoms with Gasteiger partial charge < -0.3 is 14.6 Å². The van der Waals surface area contributed by atoms with Crippen LogP contribution in [0, 0.1) is 0 Å². The third-order valence-corrected chi connectivity index (χ3v) is 3.73. The van der Waals surface area contributed by atoms with Crippen LogP contribution < -0.4 is 5.32 Å². The second kappa shape index (κ2) is 6.36. The normalized spacial score (nSPS) is 14.1. The molecule has 0 spiro atoms. The van der Waals surface area contributed by atoms with Gasteiger partial charge in [-0.1, -0.05) is 19.0 Å². The molecule has 0 aromatic carbocycles. The molecule has 1 fully saturated rings. The van der Waals surface area contributed by atoms with Crippen LogP contribution in [-0.2, 0) is 11.3 Å². The summed E-state index contributed by atoms with van der Waals surface area (Å²) >= 11 is 0. The molecular formula is C16H20N4O3. The summed E-state index contributed by atoms with van der Waals surface area (Å²) in [7, 11) is 1.39. The minimum atomic E-state index is -0.336. The van der Waals surface area contributed by atoms with Crippen molar-refractivity contribution in [3.63, 3.8) is 0 Å². The van der Waals surface area contributed by atoms with Gasteiger partial charge in [0, 0.05) is 11.8 Å². The zero-order valence-corrected chi connectivity index (χ0v) is 13.5. The molecule has 7 heteroatoms. The van der Waals surface area contributed by atoms with Crippen molar-refractivity contribution in [2.75, 3.05) is 12.4 Å². The van der Waals surface area contributed by atoms with E-state index < -0.39 is 0 Å². The largest absolute Gasteiger partial charge is 0.465 e. The second-order valence-corrected chi connectivity index (χ2v) is 5.97. The molecule has 7 nitrogen and oxygen atoms in total. The second-order valence-electron chi connectivity index (χ2n) is 5.97. The zero-order chi connectivity index (χ0) is 16.4. The average Bonchev–Trinajstić information content (AvgIpc) is 3.29. The van der Waals surface area contributed by atoms with Gasteiger partial charge in [-0.3, -0.25) is 4.98 Å². The van der Waals surface area contributed by atoms with Crippen molar-refractivity contribution in [3.05, 3.63) is 34.9 Å². The van der Waals surface area contributed by atoms with Gasteiger partial charge in [-0.2, -0.15) is 4.98 Å². The average molecular weight is 316 g/mol. The number of methoxy groups -OCH3 is 1. The summed E-state index contributed by atoms with van der Waals surface area (Å²) in [6.07, 6.45) is 2.13. The molecule has 0 atom stereocenters. The van der Waals surface area contributed by atoms with Crippen LogP contribution in [0.2, 0.25) is 0 Å². The topological polar surface area (TPSA) is 90.1 Å². The number of hydrogen-bond donors (Lipinski definition) is 1. The first-order valence-electron chi connectivity index (χ1n) is 7.74. The molecule has 23 heavy (non-hydrogen) atoms. The Bertz CT molecular complexity index is 707. The number of pyridine rings is 1. The Hall–Kier alpha value is -2.44. The molecule has 1 saturated carbocycles. The number of ether oxygens (including phenoxy) is 1. The third-order valence-electron chi connectivity index (χ3n) is 3.73. The quantitative estimate of drug-likeness (QED) is 0.819. The van der Waals surface area contributed by atoms with Crippen LogP contribution in [0.4, 0.5) is 6.01 Å². The summed E-state index contributed by atoms with van der Waals surface area (Å²) in [6.45, 7) is 4.47. The van der Waals surface area contributed by atoms with Gasteiger partial charge in [0.2, 0.25) is 0 Å². The van der Waals surface area contributed by atoms with E-state index in [1.807, 2.05) is 19.9 Å². The molecule has 3 rings (SSSR count). The van der Waals surface area contributed by atoms with E-state index in [1.54, 1.807) is 6.07 Å². The van der Waals surface area contributed by atoms with Crippen molar-refractivity contribution in [2.45, 2.75) is 45.1 Å². The highest BCUT2D eigenvalue weighted by atomic mass is 16.5. The van der Waals surface area contributed by atoms with Crippen LogP contribution in [0.3, 0.4) is 0 Å². The monoisotopic (exact) mass is 316 g/mol. The Morgan fingerprint density at radius 1 is 1.39 bits per heavy atom. The lowest BCUT2D eigenvalue weighted by Crippen LogP contribution is -2.10. The molecule has 0 amide bonds. The summed E-state index contributed by atoms with van der Waals surface area (Å²) in [5.41, 5.74) is 2.20. The van der Waals surface area contributed by atoms with Gasteiger partial charge in [-0.15, -0.1) is 0 Å². The van der Waals surface area contributed by atoms with Gasteiger partial charge in [0.1, 0.15) is 0 Å². The molecule has 2 heterocycles. The molecule has 1 N–H and O–H groups in total. The Labute approximate surface area is 134 Å². The summed E-state index contributed by atoms with van der Waals surface area (Å²) < 4.78 is 9.96. The van der Waals surface area contributed by atoms with Crippen LogP contribution in [0.15, 0.2) is 16.7 Å². The van der Waals surface area contributed by atoms with Gasteiger partial charge in [0.05, 0.1) is 30.6 Å². The maximum absolute atomic E-state index is 11.8. The first kappa shape index (κ1) is 15.5.